The van der Waals surface area contributed by atoms with Crippen LogP contribution in [0.2, 0.25) is 5.02 Å². The molecular weight excluding hydrogens is 724 g/mol. The van der Waals surface area contributed by atoms with Gasteiger partial charge in [0.25, 0.3) is 0 Å². The quantitative estimate of drug-likeness (QED) is 0.298. The van der Waals surface area contributed by atoms with Crippen LogP contribution in [0.3, 0.4) is 0 Å². The first-order valence-corrected chi connectivity index (χ1v) is 17.9. The number of ketones is 2. The third-order valence-corrected chi connectivity index (χ3v) is 11.4. The van der Waals surface area contributed by atoms with Crippen LogP contribution < -0.4 is 43.2 Å². The summed E-state index contributed by atoms with van der Waals surface area (Å²) in [6.07, 6.45) is 0.313. The summed E-state index contributed by atoms with van der Waals surface area (Å²) in [7, 11) is 6.34. The molecule has 0 saturated heterocycles. The molecule has 1 amide bonds. The van der Waals surface area contributed by atoms with E-state index in [1.165, 1.54) is 20.3 Å². The maximum absolute atomic E-state index is 14.5. The van der Waals surface area contributed by atoms with Crippen molar-refractivity contribution in [1.82, 2.24) is 10.2 Å². The number of amides is 1. The number of carbonyl (C=O) groups excluding carboxylic acids is 3. The molecule has 2 N–H and O–H groups in total. The molecule has 15 heteroatoms. The topological polar surface area (TPSA) is 161 Å². The minimum Gasteiger partial charge on any atom is -0.507 e. The van der Waals surface area contributed by atoms with E-state index in [4.69, 9.17) is 49.5 Å². The van der Waals surface area contributed by atoms with Crippen molar-refractivity contribution in [1.29, 1.82) is 0 Å². The van der Waals surface area contributed by atoms with Gasteiger partial charge >= 0.3 is 0 Å². The minimum atomic E-state index is -2.03. The molecule has 4 atom stereocenters. The molecule has 54 heavy (non-hydrogen) atoms. The van der Waals surface area contributed by atoms with Gasteiger partial charge in [0.05, 0.1) is 27.4 Å². The summed E-state index contributed by atoms with van der Waals surface area (Å²) in [5.74, 6) is -1.00. The van der Waals surface area contributed by atoms with Gasteiger partial charge in [-0.1, -0.05) is 24.6 Å². The van der Waals surface area contributed by atoms with Gasteiger partial charge in [0.2, 0.25) is 36.6 Å². The van der Waals surface area contributed by atoms with E-state index in [1.807, 2.05) is 13.1 Å². The van der Waals surface area contributed by atoms with Gasteiger partial charge in [0.15, 0.2) is 40.3 Å². The normalized spacial score (nSPS) is 22.9. The van der Waals surface area contributed by atoms with E-state index in [1.54, 1.807) is 32.2 Å². The Bertz CT molecular complexity index is 2130. The molecule has 0 aromatic heterocycles. The van der Waals surface area contributed by atoms with Gasteiger partial charge in [-0.15, -0.1) is 0 Å². The van der Waals surface area contributed by atoms with Crippen molar-refractivity contribution < 1.29 is 57.4 Å². The zero-order valence-corrected chi connectivity index (χ0v) is 31.1. The SMILES string of the molecule is COc1cc(OC)c2c(c1Cl)O[C@]1(C2=O)C(O)=C(C(CC(=O)NCC2c3c(cc4c(c3OC)OCO4)CCN2C)c2ccc3c(c2)OCO3)C(=O)C[C@H]1C. The standard InChI is InChI=1S/C39H39ClN2O12/c1-18-10-23(43)31(37(45)39(18)38(46)32-26(47-3)14-27(48-4)33(40)35(32)54-39)21(19-6-7-24-25(11-19)51-16-50-24)13-29(44)41-15-22-30-20(8-9-42(22)2)12-28-34(36(30)49-5)53-17-52-28/h6-7,11-12,14,18,21-22,45H,8-10,13,15-17H2,1-5H3,(H,41,44)/t18-,21?,22?,39+/m1/s1. The van der Waals surface area contributed by atoms with Crippen LogP contribution in [-0.4, -0.2) is 88.1 Å². The number of rotatable bonds is 9. The number of fused-ring (bicyclic) bond motifs is 4. The van der Waals surface area contributed by atoms with Gasteiger partial charge in [-0.25, -0.2) is 0 Å². The Labute approximate surface area is 315 Å². The minimum absolute atomic E-state index is 0.00428. The molecule has 0 bridgehead atoms. The second-order valence-electron chi connectivity index (χ2n) is 13.9. The Hall–Kier alpha value is -5.34. The second-order valence-corrected chi connectivity index (χ2v) is 14.3. The molecular formula is C39H39ClN2O12. The Morgan fingerprint density at radius 3 is 2.50 bits per heavy atom. The van der Waals surface area contributed by atoms with E-state index in [-0.39, 0.29) is 72.4 Å². The predicted octanol–water partition coefficient (Wildman–Crippen LogP) is 5.08. The van der Waals surface area contributed by atoms with Crippen LogP contribution >= 0.6 is 11.6 Å². The molecule has 3 aromatic rings. The fourth-order valence-electron chi connectivity index (χ4n) is 8.31. The lowest BCUT2D eigenvalue weighted by Crippen LogP contribution is -2.53. The molecule has 0 radical (unpaired) electrons. The molecule has 4 heterocycles. The van der Waals surface area contributed by atoms with Crippen molar-refractivity contribution in [3.63, 3.8) is 0 Å². The van der Waals surface area contributed by atoms with Gasteiger partial charge in [-0.2, -0.15) is 0 Å². The van der Waals surface area contributed by atoms with Crippen molar-refractivity contribution in [2.75, 3.05) is 55.1 Å². The van der Waals surface area contributed by atoms with E-state index >= 15 is 0 Å². The Morgan fingerprint density at radius 2 is 1.74 bits per heavy atom. The summed E-state index contributed by atoms with van der Waals surface area (Å²) in [4.78, 5) is 44.8. The Morgan fingerprint density at radius 1 is 1.00 bits per heavy atom. The third kappa shape index (κ3) is 5.36. The van der Waals surface area contributed by atoms with Gasteiger partial charge in [-0.05, 0) is 42.8 Å². The molecule has 0 fully saturated rings. The first-order valence-electron chi connectivity index (χ1n) is 17.5. The molecule has 4 aliphatic heterocycles. The zero-order chi connectivity index (χ0) is 38.1. The van der Waals surface area contributed by atoms with Crippen molar-refractivity contribution in [3.05, 3.63) is 68.9 Å². The lowest BCUT2D eigenvalue weighted by atomic mass is 9.69. The molecule has 2 unspecified atom stereocenters. The molecule has 1 aliphatic carbocycles. The molecule has 1 spiro atoms. The first kappa shape index (κ1) is 35.7. The average Bonchev–Trinajstić information content (AvgIpc) is 3.91. The summed E-state index contributed by atoms with van der Waals surface area (Å²) in [6.45, 7) is 2.66. The van der Waals surface area contributed by atoms with Gasteiger partial charge in [-0.3, -0.25) is 19.3 Å². The van der Waals surface area contributed by atoms with Crippen LogP contribution in [0.15, 0.2) is 41.7 Å². The van der Waals surface area contributed by atoms with Crippen molar-refractivity contribution in [2.24, 2.45) is 5.92 Å². The number of likely N-dealkylation sites (N-methyl/N-ethyl adjacent to an activating group) is 1. The number of allylic oxidation sites excluding steroid dienone is 1. The summed E-state index contributed by atoms with van der Waals surface area (Å²) >= 11 is 6.65. The number of hydrogen-bond donors (Lipinski definition) is 2. The Balaban J connectivity index is 1.17. The highest BCUT2D eigenvalue weighted by Gasteiger charge is 2.61. The molecule has 14 nitrogen and oxygen atoms in total. The van der Waals surface area contributed by atoms with E-state index in [2.05, 4.69) is 10.2 Å². The largest absolute Gasteiger partial charge is 0.507 e. The molecule has 5 aliphatic rings. The summed E-state index contributed by atoms with van der Waals surface area (Å²) in [6, 6.07) is 8.21. The average molecular weight is 763 g/mol. The molecule has 8 rings (SSSR count). The van der Waals surface area contributed by atoms with E-state index in [0.717, 1.165) is 24.1 Å². The zero-order valence-electron chi connectivity index (χ0n) is 30.3. The highest BCUT2D eigenvalue weighted by Crippen LogP contribution is 2.56. The lowest BCUT2D eigenvalue weighted by Gasteiger charge is -2.39. The summed E-state index contributed by atoms with van der Waals surface area (Å²) in [5, 5.41) is 15.4. The number of nitrogens with one attached hydrogen (secondary N) is 1. The van der Waals surface area contributed by atoms with E-state index in [0.29, 0.717) is 34.3 Å². The summed E-state index contributed by atoms with van der Waals surface area (Å²) < 4.78 is 45.7. The van der Waals surface area contributed by atoms with Crippen LogP contribution in [0.1, 0.15) is 58.8 Å². The predicted molar refractivity (Wildman–Crippen MR) is 192 cm³/mol. The van der Waals surface area contributed by atoms with Gasteiger partial charge < -0.3 is 48.3 Å². The van der Waals surface area contributed by atoms with E-state index < -0.39 is 40.7 Å². The number of hydrogen-bond acceptors (Lipinski definition) is 13. The number of carbonyl (C=O) groups is 3. The van der Waals surface area contributed by atoms with Gasteiger partial charge in [0, 0.05) is 55.0 Å². The number of nitrogens with zero attached hydrogens (tertiary/aromatic N) is 1. The lowest BCUT2D eigenvalue weighted by molar-refractivity contribution is -0.122. The van der Waals surface area contributed by atoms with Gasteiger partial charge in [0.1, 0.15) is 22.1 Å². The van der Waals surface area contributed by atoms with Crippen molar-refractivity contribution in [3.8, 4) is 46.0 Å². The highest BCUT2D eigenvalue weighted by molar-refractivity contribution is 6.35. The Kier molecular flexibility index (Phi) is 8.92. The molecule has 284 valence electrons. The van der Waals surface area contributed by atoms with Crippen LogP contribution in [-0.2, 0) is 16.0 Å². The number of aliphatic hydroxyl groups is 1. The van der Waals surface area contributed by atoms with Crippen LogP contribution in [0.4, 0.5) is 0 Å². The first-order chi connectivity index (χ1) is 26.0. The van der Waals surface area contributed by atoms with Crippen molar-refractivity contribution in [2.45, 2.75) is 43.7 Å². The second kappa shape index (κ2) is 13.5. The summed E-state index contributed by atoms with van der Waals surface area (Å²) in [5.41, 5.74) is 0.276. The number of Topliss-reactive ketones (excluding diaryl/α,β-unsaturated/α-hetero) is 2. The monoisotopic (exact) mass is 762 g/mol. The number of halogens is 1. The van der Waals surface area contributed by atoms with Crippen molar-refractivity contribution >= 4 is 29.1 Å². The molecule has 3 aromatic carbocycles. The fourth-order valence-corrected chi connectivity index (χ4v) is 8.57. The molecule has 0 saturated carbocycles. The smallest absolute Gasteiger partial charge is 0.231 e. The number of aliphatic hydroxyl groups excluding tert-OH is 1. The van der Waals surface area contributed by atoms with Crippen LogP contribution in [0.25, 0.3) is 0 Å². The third-order valence-electron chi connectivity index (χ3n) is 11.1. The maximum Gasteiger partial charge on any atom is 0.231 e. The highest BCUT2D eigenvalue weighted by atomic mass is 35.5. The fraction of sp³-hybridized carbons (Fsp3) is 0.410. The van der Waals surface area contributed by atoms with Crippen LogP contribution in [0.5, 0.6) is 46.0 Å². The number of ether oxygens (including phenoxy) is 8. The van der Waals surface area contributed by atoms with E-state index in [9.17, 15) is 19.5 Å². The number of methoxy groups -OCH3 is 3. The van der Waals surface area contributed by atoms with Crippen LogP contribution in [0, 0.1) is 5.92 Å². The number of benzene rings is 3. The maximum atomic E-state index is 14.5.